The lowest BCUT2D eigenvalue weighted by Gasteiger charge is -2.32. The van der Waals surface area contributed by atoms with E-state index in [4.69, 9.17) is 0 Å². The van der Waals surface area contributed by atoms with E-state index in [1.165, 1.54) is 44.2 Å². The molecule has 2 aliphatic carbocycles. The summed E-state index contributed by atoms with van der Waals surface area (Å²) in [6.45, 7) is 0. The first-order valence-corrected chi connectivity index (χ1v) is 10.3. The Morgan fingerprint density at radius 2 is 1.28 bits per heavy atom. The van der Waals surface area contributed by atoms with Crippen molar-refractivity contribution in [3.8, 4) is 16.9 Å². The average molecular weight is 404 g/mol. The van der Waals surface area contributed by atoms with Crippen molar-refractivity contribution in [1.29, 1.82) is 0 Å². The maximum Gasteiger partial charge on any atom is 0.187 e. The fraction of sp³-hybridized carbons (Fsp3) is 0.417. The van der Waals surface area contributed by atoms with Gasteiger partial charge in [0, 0.05) is 0 Å². The van der Waals surface area contributed by atoms with E-state index in [0.29, 0.717) is 11.5 Å². The van der Waals surface area contributed by atoms with E-state index in [9.17, 15) is 22.7 Å². The van der Waals surface area contributed by atoms with Crippen LogP contribution in [0, 0.1) is 35.1 Å². The zero-order valence-electron chi connectivity index (χ0n) is 16.2. The Morgan fingerprint density at radius 3 is 1.83 bits per heavy atom. The number of aromatic hydroxyl groups is 1. The lowest BCUT2D eigenvalue weighted by molar-refractivity contribution is 0.235. The van der Waals surface area contributed by atoms with Gasteiger partial charge in [0.2, 0.25) is 0 Å². The summed E-state index contributed by atoms with van der Waals surface area (Å²) in [6.07, 6.45) is 11.3. The first-order chi connectivity index (χ1) is 13.9. The van der Waals surface area contributed by atoms with Gasteiger partial charge >= 0.3 is 0 Å². The summed E-state index contributed by atoms with van der Waals surface area (Å²) in [6, 6.07) is 3.92. The van der Waals surface area contributed by atoms with Crippen LogP contribution >= 0.6 is 0 Å². The van der Waals surface area contributed by atoms with Gasteiger partial charge in [0.15, 0.2) is 17.4 Å². The summed E-state index contributed by atoms with van der Waals surface area (Å²) in [5.74, 6) is -4.02. The molecule has 2 aromatic carbocycles. The molecule has 1 atom stereocenters. The Morgan fingerprint density at radius 1 is 0.690 bits per heavy atom. The van der Waals surface area contributed by atoms with Crippen LogP contribution in [-0.2, 0) is 0 Å². The maximum absolute atomic E-state index is 14.7. The van der Waals surface area contributed by atoms with E-state index in [0.717, 1.165) is 42.9 Å². The van der Waals surface area contributed by atoms with Crippen LogP contribution in [0.15, 0.2) is 30.3 Å². The van der Waals surface area contributed by atoms with Gasteiger partial charge in [0.25, 0.3) is 0 Å². The summed E-state index contributed by atoms with van der Waals surface area (Å²) in [4.78, 5) is 0. The van der Waals surface area contributed by atoms with Crippen molar-refractivity contribution in [2.75, 3.05) is 0 Å². The van der Waals surface area contributed by atoms with Gasteiger partial charge < -0.3 is 5.11 Å². The molecule has 0 radical (unpaired) electrons. The predicted octanol–water partition coefficient (Wildman–Crippen LogP) is 7.38. The summed E-state index contributed by atoms with van der Waals surface area (Å²) >= 11 is 0. The molecular formula is C24H24F4O. The second-order valence-corrected chi connectivity index (χ2v) is 8.27. The fourth-order valence-electron chi connectivity index (χ4n) is 4.89. The lowest BCUT2D eigenvalue weighted by Crippen LogP contribution is -2.19. The minimum absolute atomic E-state index is 0.283. The van der Waals surface area contributed by atoms with E-state index in [1.807, 2.05) is 0 Å². The monoisotopic (exact) mass is 404 g/mol. The molecule has 2 aromatic rings. The van der Waals surface area contributed by atoms with Crippen LogP contribution < -0.4 is 0 Å². The van der Waals surface area contributed by atoms with Crippen LogP contribution in [0.5, 0.6) is 5.75 Å². The molecule has 0 aromatic heterocycles. The van der Waals surface area contributed by atoms with Gasteiger partial charge in [-0.1, -0.05) is 38.2 Å². The van der Waals surface area contributed by atoms with Crippen LogP contribution in [0.2, 0.25) is 0 Å². The lowest BCUT2D eigenvalue weighted by atomic mass is 9.73. The number of halogens is 4. The molecule has 0 spiro atoms. The molecule has 5 heteroatoms. The number of benzene rings is 2. The number of allylic oxidation sites excluding steroid dienone is 2. The van der Waals surface area contributed by atoms with Gasteiger partial charge in [-0.25, -0.2) is 17.6 Å². The highest BCUT2D eigenvalue weighted by atomic mass is 19.1. The van der Waals surface area contributed by atoms with Crippen LogP contribution in [-0.4, -0.2) is 5.11 Å². The minimum Gasteiger partial charge on any atom is -0.503 e. The number of hydrogen-bond acceptors (Lipinski definition) is 1. The Balaban J connectivity index is 1.58. The Bertz CT molecular complexity index is 898. The molecule has 1 N–H and O–H groups in total. The van der Waals surface area contributed by atoms with Gasteiger partial charge in [-0.05, 0) is 72.1 Å². The number of phenolic OH excluding ortho intramolecular Hbond substituents is 1. The minimum atomic E-state index is -1.26. The Kier molecular flexibility index (Phi) is 5.66. The Hall–Kier alpha value is -2.30. The van der Waals surface area contributed by atoms with Crippen LogP contribution in [0.1, 0.15) is 56.9 Å². The summed E-state index contributed by atoms with van der Waals surface area (Å²) in [5, 5.41) is 9.20. The molecule has 0 heterocycles. The molecule has 1 nitrogen and oxygen atoms in total. The number of rotatable bonds is 3. The van der Waals surface area contributed by atoms with Gasteiger partial charge in [-0.3, -0.25) is 0 Å². The third kappa shape index (κ3) is 4.05. The highest BCUT2D eigenvalue weighted by Gasteiger charge is 2.26. The van der Waals surface area contributed by atoms with Crippen molar-refractivity contribution in [3.05, 3.63) is 59.2 Å². The largest absolute Gasteiger partial charge is 0.503 e. The Labute approximate surface area is 168 Å². The van der Waals surface area contributed by atoms with Crippen molar-refractivity contribution in [2.45, 2.75) is 51.4 Å². The summed E-state index contributed by atoms with van der Waals surface area (Å²) < 4.78 is 56.6. The molecule has 1 fully saturated rings. The zero-order valence-corrected chi connectivity index (χ0v) is 16.2. The highest BCUT2D eigenvalue weighted by molar-refractivity contribution is 5.72. The first-order valence-electron chi connectivity index (χ1n) is 10.3. The van der Waals surface area contributed by atoms with Crippen LogP contribution in [0.3, 0.4) is 0 Å². The van der Waals surface area contributed by atoms with Crippen molar-refractivity contribution < 1.29 is 22.7 Å². The van der Waals surface area contributed by atoms with Crippen molar-refractivity contribution in [2.24, 2.45) is 11.8 Å². The summed E-state index contributed by atoms with van der Waals surface area (Å²) in [7, 11) is 0. The molecule has 2 aliphatic rings. The smallest absolute Gasteiger partial charge is 0.187 e. The van der Waals surface area contributed by atoms with Crippen LogP contribution in [0.4, 0.5) is 17.6 Å². The summed E-state index contributed by atoms with van der Waals surface area (Å²) in [5.41, 5.74) is 0.618. The van der Waals surface area contributed by atoms with Crippen LogP contribution in [0.25, 0.3) is 16.7 Å². The molecular weight excluding hydrogens is 380 g/mol. The second kappa shape index (κ2) is 8.21. The van der Waals surface area contributed by atoms with Crippen molar-refractivity contribution >= 4 is 5.57 Å². The predicted molar refractivity (Wildman–Crippen MR) is 105 cm³/mol. The fourth-order valence-corrected chi connectivity index (χ4v) is 4.89. The van der Waals surface area contributed by atoms with E-state index in [2.05, 4.69) is 6.08 Å². The van der Waals surface area contributed by atoms with Gasteiger partial charge in [-0.15, -0.1) is 0 Å². The van der Waals surface area contributed by atoms with E-state index < -0.39 is 34.6 Å². The molecule has 0 aliphatic heterocycles. The third-order valence-corrected chi connectivity index (χ3v) is 6.49. The standard InChI is InChI=1S/C24H24F4O/c25-19-10-17(16-8-6-15(7-9-16)14-4-2-1-3-5-14)11-20(26)23(19)18-12-21(27)24(29)22(28)13-18/h8,10-15,29H,1-7,9H2. The number of phenols is 1. The maximum atomic E-state index is 14.7. The molecule has 1 saturated carbocycles. The normalized spacial score (nSPS) is 20.6. The van der Waals surface area contributed by atoms with Crippen molar-refractivity contribution in [3.63, 3.8) is 0 Å². The van der Waals surface area contributed by atoms with Gasteiger partial charge in [0.1, 0.15) is 11.6 Å². The molecule has 0 saturated heterocycles. The van der Waals surface area contributed by atoms with Gasteiger partial charge in [0.05, 0.1) is 5.56 Å². The zero-order chi connectivity index (χ0) is 20.5. The molecule has 1 unspecified atom stereocenters. The highest BCUT2D eigenvalue weighted by Crippen LogP contribution is 2.41. The molecule has 29 heavy (non-hydrogen) atoms. The number of hydrogen-bond donors (Lipinski definition) is 1. The quantitative estimate of drug-likeness (QED) is 0.529. The van der Waals surface area contributed by atoms with Gasteiger partial charge in [-0.2, -0.15) is 0 Å². The molecule has 4 rings (SSSR count). The topological polar surface area (TPSA) is 20.2 Å². The van der Waals surface area contributed by atoms with Crippen molar-refractivity contribution in [1.82, 2.24) is 0 Å². The molecule has 154 valence electrons. The average Bonchev–Trinajstić information content (AvgIpc) is 2.72. The second-order valence-electron chi connectivity index (χ2n) is 8.27. The molecule has 0 bridgehead atoms. The van der Waals surface area contributed by atoms with E-state index in [-0.39, 0.29) is 5.56 Å². The molecule has 0 amide bonds. The SMILES string of the molecule is Oc1c(F)cc(-c2c(F)cc(C3=CCC(C4CCCCC4)CC3)cc2F)cc1F. The first kappa shape index (κ1) is 20.0. The van der Waals surface area contributed by atoms with E-state index in [1.54, 1.807) is 0 Å². The third-order valence-electron chi connectivity index (χ3n) is 6.49. The van der Waals surface area contributed by atoms with E-state index >= 15 is 0 Å².